The average Bonchev–Trinajstić information content (AvgIpc) is 2.57. The quantitative estimate of drug-likeness (QED) is 0.604. The van der Waals surface area contributed by atoms with E-state index >= 15 is 0 Å². The lowest BCUT2D eigenvalue weighted by atomic mass is 10.1. The molecule has 2 aromatic rings. The number of carbonyl (C=O) groups excluding carboxylic acids is 1. The third-order valence-electron chi connectivity index (χ3n) is 3.40. The molecule has 0 saturated heterocycles. The highest BCUT2D eigenvalue weighted by molar-refractivity contribution is 7.92. The first-order chi connectivity index (χ1) is 12.0. The Morgan fingerprint density at radius 2 is 1.76 bits per heavy atom. The molecule has 0 aliphatic rings. The van der Waals surface area contributed by atoms with Gasteiger partial charge in [-0.3, -0.25) is 4.72 Å². The molecule has 7 nitrogen and oxygen atoms in total. The lowest BCUT2D eigenvalue weighted by molar-refractivity contribution is 0.252. The van der Waals surface area contributed by atoms with Gasteiger partial charge < -0.3 is 16.4 Å². The van der Waals surface area contributed by atoms with Crippen molar-refractivity contribution in [1.29, 1.82) is 0 Å². The third-order valence-corrected chi connectivity index (χ3v) is 4.84. The molecule has 2 aromatic carbocycles. The zero-order chi connectivity index (χ0) is 18.3. The van der Waals surface area contributed by atoms with Crippen LogP contribution in [0.1, 0.15) is 12.5 Å². The van der Waals surface area contributed by atoms with Crippen molar-refractivity contribution in [2.75, 3.05) is 23.1 Å². The number of para-hydroxylation sites is 1. The molecule has 0 spiro atoms. The van der Waals surface area contributed by atoms with Crippen LogP contribution in [0.15, 0.2) is 53.4 Å². The molecule has 0 bridgehead atoms. The predicted octanol–water partition coefficient (Wildman–Crippen LogP) is 2.13. The molecule has 0 fully saturated rings. The van der Waals surface area contributed by atoms with Crippen molar-refractivity contribution in [1.82, 2.24) is 5.32 Å². The molecule has 134 valence electrons. The van der Waals surface area contributed by atoms with E-state index in [0.29, 0.717) is 18.8 Å². The van der Waals surface area contributed by atoms with Crippen molar-refractivity contribution in [3.63, 3.8) is 0 Å². The fourth-order valence-electron chi connectivity index (χ4n) is 2.25. The van der Waals surface area contributed by atoms with Crippen LogP contribution in [0.25, 0.3) is 0 Å². The summed E-state index contributed by atoms with van der Waals surface area (Å²) in [6.07, 6.45) is 0.728. The summed E-state index contributed by atoms with van der Waals surface area (Å²) in [5, 5.41) is 5.11. The topological polar surface area (TPSA) is 113 Å². The Hall–Kier alpha value is -2.58. The van der Waals surface area contributed by atoms with Crippen molar-refractivity contribution < 1.29 is 13.2 Å². The van der Waals surface area contributed by atoms with E-state index in [9.17, 15) is 13.2 Å². The minimum absolute atomic E-state index is 0.00714. The van der Waals surface area contributed by atoms with Gasteiger partial charge in [0.05, 0.1) is 5.69 Å². The van der Waals surface area contributed by atoms with Crippen LogP contribution in [-0.2, 0) is 16.4 Å². The molecule has 0 aliphatic carbocycles. The molecule has 0 heterocycles. The van der Waals surface area contributed by atoms with Gasteiger partial charge in [-0.15, -0.1) is 0 Å². The van der Waals surface area contributed by atoms with E-state index < -0.39 is 16.1 Å². The lowest BCUT2D eigenvalue weighted by Crippen LogP contribution is -2.29. The Labute approximate surface area is 147 Å². The molecule has 0 radical (unpaired) electrons. The maximum absolute atomic E-state index is 12.7. The molecule has 0 aromatic heterocycles. The van der Waals surface area contributed by atoms with E-state index in [4.69, 9.17) is 5.73 Å². The SMILES string of the molecule is CCNC(=O)Nc1ccccc1S(=O)(=O)Nc1ccc(CCN)cc1. The smallest absolute Gasteiger partial charge is 0.319 e. The normalized spacial score (nSPS) is 11.0. The summed E-state index contributed by atoms with van der Waals surface area (Å²) in [5.41, 5.74) is 7.18. The number of anilines is 2. The van der Waals surface area contributed by atoms with Crippen molar-refractivity contribution in [2.24, 2.45) is 5.73 Å². The first-order valence-corrected chi connectivity index (χ1v) is 9.40. The van der Waals surface area contributed by atoms with Gasteiger partial charge in [-0.1, -0.05) is 24.3 Å². The molecule has 0 unspecified atom stereocenters. The van der Waals surface area contributed by atoms with Crippen molar-refractivity contribution >= 4 is 27.4 Å². The summed E-state index contributed by atoms with van der Waals surface area (Å²) in [7, 11) is -3.85. The van der Waals surface area contributed by atoms with E-state index in [0.717, 1.165) is 12.0 Å². The van der Waals surface area contributed by atoms with Crippen LogP contribution in [0.4, 0.5) is 16.2 Å². The van der Waals surface area contributed by atoms with Gasteiger partial charge in [0.25, 0.3) is 10.0 Å². The molecule has 25 heavy (non-hydrogen) atoms. The van der Waals surface area contributed by atoms with E-state index in [1.165, 1.54) is 12.1 Å². The van der Waals surface area contributed by atoms with Gasteiger partial charge in [0.15, 0.2) is 0 Å². The Morgan fingerprint density at radius 3 is 2.40 bits per heavy atom. The highest BCUT2D eigenvalue weighted by atomic mass is 32.2. The van der Waals surface area contributed by atoms with E-state index in [1.807, 2.05) is 12.1 Å². The largest absolute Gasteiger partial charge is 0.338 e. The van der Waals surface area contributed by atoms with Crippen LogP contribution in [0.3, 0.4) is 0 Å². The molecule has 8 heteroatoms. The van der Waals surface area contributed by atoms with Crippen LogP contribution in [0, 0.1) is 0 Å². The van der Waals surface area contributed by atoms with Gasteiger partial charge in [0.1, 0.15) is 4.90 Å². The minimum Gasteiger partial charge on any atom is -0.338 e. The molecule has 2 rings (SSSR count). The fourth-order valence-corrected chi connectivity index (χ4v) is 3.47. The highest BCUT2D eigenvalue weighted by Crippen LogP contribution is 2.23. The van der Waals surface area contributed by atoms with Gasteiger partial charge in [-0.05, 0) is 49.7 Å². The number of urea groups is 1. The van der Waals surface area contributed by atoms with Crippen LogP contribution in [0.2, 0.25) is 0 Å². The molecule has 2 amide bonds. The Balaban J connectivity index is 2.23. The summed E-state index contributed by atoms with van der Waals surface area (Å²) in [5.74, 6) is 0. The molecule has 0 aliphatic heterocycles. The third kappa shape index (κ3) is 5.20. The Morgan fingerprint density at radius 1 is 1.08 bits per heavy atom. The minimum atomic E-state index is -3.85. The second-order valence-corrected chi connectivity index (χ2v) is 6.97. The monoisotopic (exact) mass is 362 g/mol. The van der Waals surface area contributed by atoms with Crippen molar-refractivity contribution in [3.8, 4) is 0 Å². The predicted molar refractivity (Wildman–Crippen MR) is 99.1 cm³/mol. The first kappa shape index (κ1) is 18.8. The van der Waals surface area contributed by atoms with E-state index in [-0.39, 0.29) is 10.6 Å². The van der Waals surface area contributed by atoms with Gasteiger partial charge >= 0.3 is 6.03 Å². The molecular formula is C17H22N4O3S. The molecule has 0 saturated carbocycles. The van der Waals surface area contributed by atoms with Crippen molar-refractivity contribution in [3.05, 3.63) is 54.1 Å². The Kier molecular flexibility index (Phi) is 6.37. The first-order valence-electron chi connectivity index (χ1n) is 7.92. The maximum atomic E-state index is 12.7. The van der Waals surface area contributed by atoms with E-state index in [2.05, 4.69) is 15.4 Å². The van der Waals surface area contributed by atoms with E-state index in [1.54, 1.807) is 31.2 Å². The summed E-state index contributed by atoms with van der Waals surface area (Å²) in [4.78, 5) is 11.7. The Bertz CT molecular complexity index is 820. The summed E-state index contributed by atoms with van der Waals surface area (Å²) in [6.45, 7) is 2.75. The zero-order valence-electron chi connectivity index (χ0n) is 14.0. The lowest BCUT2D eigenvalue weighted by Gasteiger charge is -2.13. The van der Waals surface area contributed by atoms with Crippen LogP contribution < -0.4 is 21.1 Å². The number of carbonyl (C=O) groups is 1. The average molecular weight is 362 g/mol. The second kappa shape index (κ2) is 8.50. The fraction of sp³-hybridized carbons (Fsp3) is 0.235. The maximum Gasteiger partial charge on any atom is 0.319 e. The highest BCUT2D eigenvalue weighted by Gasteiger charge is 2.19. The van der Waals surface area contributed by atoms with Crippen LogP contribution in [0.5, 0.6) is 0 Å². The van der Waals surface area contributed by atoms with Crippen LogP contribution in [-0.4, -0.2) is 27.5 Å². The number of hydrogen-bond acceptors (Lipinski definition) is 4. The zero-order valence-corrected chi connectivity index (χ0v) is 14.8. The number of hydrogen-bond donors (Lipinski definition) is 4. The number of amides is 2. The summed E-state index contributed by atoms with van der Waals surface area (Å²) < 4.78 is 27.9. The summed E-state index contributed by atoms with van der Waals surface area (Å²) in [6, 6.07) is 12.8. The van der Waals surface area contributed by atoms with Gasteiger partial charge in [0, 0.05) is 12.2 Å². The molecular weight excluding hydrogens is 340 g/mol. The number of rotatable bonds is 7. The standard InChI is InChI=1S/C17H22N4O3S/c1-2-19-17(22)20-15-5-3-4-6-16(15)25(23,24)21-14-9-7-13(8-10-14)11-12-18/h3-10,21H,2,11-12,18H2,1H3,(H2,19,20,22). The van der Waals surface area contributed by atoms with Crippen molar-refractivity contribution in [2.45, 2.75) is 18.2 Å². The van der Waals surface area contributed by atoms with Gasteiger partial charge in [0.2, 0.25) is 0 Å². The summed E-state index contributed by atoms with van der Waals surface area (Å²) >= 11 is 0. The van der Waals surface area contributed by atoms with Gasteiger partial charge in [-0.2, -0.15) is 0 Å². The second-order valence-electron chi connectivity index (χ2n) is 5.32. The number of nitrogens with one attached hydrogen (secondary N) is 3. The molecule has 0 atom stereocenters. The van der Waals surface area contributed by atoms with Gasteiger partial charge in [-0.25, -0.2) is 13.2 Å². The van der Waals surface area contributed by atoms with Crippen LogP contribution >= 0.6 is 0 Å². The molecule has 5 N–H and O–H groups in total. The number of benzene rings is 2. The number of nitrogens with two attached hydrogens (primary N) is 1. The number of sulfonamides is 1.